The first-order valence-electron chi connectivity index (χ1n) is 6.04. The van der Waals surface area contributed by atoms with Crippen LogP contribution in [0.2, 0.25) is 0 Å². The minimum absolute atomic E-state index is 0.568. The number of alkyl halides is 1. The van der Waals surface area contributed by atoms with Gasteiger partial charge in [0.15, 0.2) is 0 Å². The van der Waals surface area contributed by atoms with E-state index in [9.17, 15) is 0 Å². The van der Waals surface area contributed by atoms with E-state index in [4.69, 9.17) is 16.3 Å². The summed E-state index contributed by atoms with van der Waals surface area (Å²) in [5.74, 6) is 8.14. The van der Waals surface area contributed by atoms with E-state index in [-0.39, 0.29) is 0 Å². The number of ether oxygens (including phenoxy) is 1. The van der Waals surface area contributed by atoms with Crippen molar-refractivity contribution in [2.75, 3.05) is 12.5 Å². The summed E-state index contributed by atoms with van der Waals surface area (Å²) in [5, 5.41) is 0. The molecule has 0 aliphatic carbocycles. The first-order valence-corrected chi connectivity index (χ1v) is 6.58. The molecule has 0 amide bonds. The Bertz CT molecular complexity index is 389. The van der Waals surface area contributed by atoms with Gasteiger partial charge < -0.3 is 4.74 Å². The molecular formula is C15H19ClO. The minimum atomic E-state index is 0.568. The molecule has 1 atom stereocenters. The smallest absolute Gasteiger partial charge is 0.134 e. The van der Waals surface area contributed by atoms with Gasteiger partial charge in [-0.25, -0.2) is 0 Å². The van der Waals surface area contributed by atoms with Gasteiger partial charge in [0.1, 0.15) is 5.75 Å². The van der Waals surface area contributed by atoms with Gasteiger partial charge in [0.2, 0.25) is 0 Å². The molecule has 0 fully saturated rings. The van der Waals surface area contributed by atoms with Crippen LogP contribution in [0.4, 0.5) is 0 Å². The van der Waals surface area contributed by atoms with Crippen LogP contribution < -0.4 is 4.74 Å². The van der Waals surface area contributed by atoms with Crippen LogP contribution in [0.5, 0.6) is 5.75 Å². The lowest BCUT2D eigenvalue weighted by molar-refractivity contribution is 0.256. The molecule has 0 bridgehead atoms. The van der Waals surface area contributed by atoms with Crippen LogP contribution >= 0.6 is 11.6 Å². The van der Waals surface area contributed by atoms with Gasteiger partial charge >= 0.3 is 0 Å². The van der Waals surface area contributed by atoms with Crippen LogP contribution in [-0.4, -0.2) is 12.5 Å². The first-order chi connectivity index (χ1) is 8.27. The first kappa shape index (κ1) is 13.9. The topological polar surface area (TPSA) is 9.23 Å². The molecule has 0 spiro atoms. The Kier molecular flexibility index (Phi) is 6.58. The highest BCUT2D eigenvalue weighted by atomic mass is 35.5. The number of halogens is 1. The maximum Gasteiger partial charge on any atom is 0.134 e. The van der Waals surface area contributed by atoms with E-state index < -0.39 is 0 Å². The zero-order valence-electron chi connectivity index (χ0n) is 10.5. The number of benzene rings is 1. The van der Waals surface area contributed by atoms with Gasteiger partial charge in [0.05, 0.1) is 12.2 Å². The summed E-state index contributed by atoms with van der Waals surface area (Å²) in [7, 11) is 0. The highest BCUT2D eigenvalue weighted by Crippen LogP contribution is 2.18. The van der Waals surface area contributed by atoms with Crippen LogP contribution in [0.25, 0.3) is 0 Å². The Morgan fingerprint density at radius 1 is 1.35 bits per heavy atom. The lowest BCUT2D eigenvalue weighted by Crippen LogP contribution is -2.07. The average Bonchev–Trinajstić information content (AvgIpc) is 2.37. The molecule has 0 aliphatic heterocycles. The van der Waals surface area contributed by atoms with E-state index in [1.807, 2.05) is 24.3 Å². The highest BCUT2D eigenvalue weighted by molar-refractivity contribution is 6.18. The monoisotopic (exact) mass is 250 g/mol. The molecule has 1 nitrogen and oxygen atoms in total. The predicted molar refractivity (Wildman–Crippen MR) is 73.6 cm³/mol. The SMILES string of the molecule is CCC(C)COc1ccccc1C#CCCCl. The van der Waals surface area contributed by atoms with Crippen molar-refractivity contribution in [3.63, 3.8) is 0 Å². The molecule has 0 aromatic heterocycles. The Balaban J connectivity index is 2.68. The number of hydrogen-bond acceptors (Lipinski definition) is 1. The second-order valence-corrected chi connectivity index (χ2v) is 4.44. The van der Waals surface area contributed by atoms with E-state index in [0.717, 1.165) is 24.3 Å². The van der Waals surface area contributed by atoms with Gasteiger partial charge in [0.25, 0.3) is 0 Å². The van der Waals surface area contributed by atoms with Crippen molar-refractivity contribution in [1.29, 1.82) is 0 Å². The summed E-state index contributed by atoms with van der Waals surface area (Å²) < 4.78 is 5.79. The third-order valence-corrected chi connectivity index (χ3v) is 2.74. The summed E-state index contributed by atoms with van der Waals surface area (Å²) in [6.45, 7) is 5.09. The summed E-state index contributed by atoms with van der Waals surface area (Å²) in [6, 6.07) is 7.89. The second kappa shape index (κ2) is 8.03. The number of rotatable bonds is 5. The molecule has 2 heteroatoms. The Morgan fingerprint density at radius 2 is 2.12 bits per heavy atom. The second-order valence-electron chi connectivity index (χ2n) is 4.06. The fourth-order valence-corrected chi connectivity index (χ4v) is 1.35. The third kappa shape index (κ3) is 5.15. The van der Waals surface area contributed by atoms with Crippen molar-refractivity contribution in [2.24, 2.45) is 5.92 Å². The number of hydrogen-bond donors (Lipinski definition) is 0. The predicted octanol–water partition coefficient (Wildman–Crippen LogP) is 4.09. The van der Waals surface area contributed by atoms with Crippen LogP contribution in [-0.2, 0) is 0 Å². The van der Waals surface area contributed by atoms with Gasteiger partial charge in [0, 0.05) is 12.3 Å². The maximum atomic E-state index is 5.79. The molecule has 1 unspecified atom stereocenters. The van der Waals surface area contributed by atoms with Crippen LogP contribution in [0, 0.1) is 17.8 Å². The standard InChI is InChI=1S/C15H19ClO/c1-3-13(2)12-17-15-10-5-4-8-14(15)9-6-7-11-16/h4-5,8,10,13H,3,7,11-12H2,1-2H3. The lowest BCUT2D eigenvalue weighted by atomic mass is 10.1. The molecule has 0 aliphatic rings. The van der Waals surface area contributed by atoms with Crippen molar-refractivity contribution in [3.8, 4) is 17.6 Å². The average molecular weight is 251 g/mol. The van der Waals surface area contributed by atoms with Crippen molar-refractivity contribution < 1.29 is 4.74 Å². The fourth-order valence-electron chi connectivity index (χ4n) is 1.25. The van der Waals surface area contributed by atoms with E-state index in [1.165, 1.54) is 0 Å². The molecule has 0 radical (unpaired) electrons. The van der Waals surface area contributed by atoms with Crippen molar-refractivity contribution >= 4 is 11.6 Å². The van der Waals surface area contributed by atoms with E-state index in [2.05, 4.69) is 25.7 Å². The van der Waals surface area contributed by atoms with E-state index in [1.54, 1.807) is 0 Å². The summed E-state index contributed by atoms with van der Waals surface area (Å²) >= 11 is 5.60. The number of para-hydroxylation sites is 1. The van der Waals surface area contributed by atoms with Gasteiger partial charge in [-0.3, -0.25) is 0 Å². The highest BCUT2D eigenvalue weighted by Gasteiger charge is 2.03. The Hall–Kier alpha value is -1.13. The minimum Gasteiger partial charge on any atom is -0.492 e. The maximum absolute atomic E-state index is 5.79. The largest absolute Gasteiger partial charge is 0.492 e. The van der Waals surface area contributed by atoms with Gasteiger partial charge in [-0.15, -0.1) is 11.6 Å². The van der Waals surface area contributed by atoms with Crippen LogP contribution in [0.3, 0.4) is 0 Å². The molecule has 1 aromatic carbocycles. The lowest BCUT2D eigenvalue weighted by Gasteiger charge is -2.12. The normalized spacial score (nSPS) is 11.5. The van der Waals surface area contributed by atoms with E-state index >= 15 is 0 Å². The molecule has 0 heterocycles. The molecule has 92 valence electrons. The summed E-state index contributed by atoms with van der Waals surface area (Å²) in [4.78, 5) is 0. The molecule has 17 heavy (non-hydrogen) atoms. The van der Waals surface area contributed by atoms with Crippen molar-refractivity contribution in [3.05, 3.63) is 29.8 Å². The molecule has 0 saturated heterocycles. The van der Waals surface area contributed by atoms with Gasteiger partial charge in [-0.1, -0.05) is 44.2 Å². The molecule has 1 rings (SSSR count). The fraction of sp³-hybridized carbons (Fsp3) is 0.467. The van der Waals surface area contributed by atoms with Crippen LogP contribution in [0.1, 0.15) is 32.3 Å². The Morgan fingerprint density at radius 3 is 2.82 bits per heavy atom. The third-order valence-electron chi connectivity index (χ3n) is 2.55. The van der Waals surface area contributed by atoms with Crippen molar-refractivity contribution in [1.82, 2.24) is 0 Å². The molecule has 0 saturated carbocycles. The zero-order chi connectivity index (χ0) is 12.5. The van der Waals surface area contributed by atoms with Gasteiger partial charge in [-0.05, 0) is 18.1 Å². The zero-order valence-corrected chi connectivity index (χ0v) is 11.3. The summed E-state index contributed by atoms with van der Waals surface area (Å²) in [6.07, 6.45) is 1.83. The van der Waals surface area contributed by atoms with Crippen molar-refractivity contribution in [2.45, 2.75) is 26.7 Å². The van der Waals surface area contributed by atoms with Crippen LogP contribution in [0.15, 0.2) is 24.3 Å². The quantitative estimate of drug-likeness (QED) is 0.565. The van der Waals surface area contributed by atoms with Gasteiger partial charge in [-0.2, -0.15) is 0 Å². The summed E-state index contributed by atoms with van der Waals surface area (Å²) in [5.41, 5.74) is 0.945. The molecule has 1 aromatic rings. The molecular weight excluding hydrogens is 232 g/mol. The molecule has 0 N–H and O–H groups in total. The van der Waals surface area contributed by atoms with E-state index in [0.29, 0.717) is 18.2 Å². The Labute approximate surface area is 109 Å².